The van der Waals surface area contributed by atoms with Gasteiger partial charge in [-0.1, -0.05) is 41.0 Å². The number of aliphatic hydroxyl groups excluding tert-OH is 1. The molecule has 1 rings (SSSR count). The molecule has 128 valence electrons. The number of unbranched alkanes of at least 4 members (excludes halogenated alkanes) is 1. The standard InChI is InChI=1S/C18H35NO2Si/c1-8-10-11-15-14(9-2)16(19-12-17(15)20)13-21-22(6,7)18(3,4)5/h17,20H,8-13H2,1-7H3. The molecule has 1 heterocycles. The Morgan fingerprint density at radius 3 is 2.41 bits per heavy atom. The van der Waals surface area contributed by atoms with Crippen molar-refractivity contribution in [1.82, 2.24) is 0 Å². The van der Waals surface area contributed by atoms with Gasteiger partial charge in [-0.2, -0.15) is 0 Å². The van der Waals surface area contributed by atoms with Crippen molar-refractivity contribution < 1.29 is 9.53 Å². The molecule has 4 heteroatoms. The number of hydrogen-bond acceptors (Lipinski definition) is 3. The Hall–Kier alpha value is -0.453. The van der Waals surface area contributed by atoms with E-state index >= 15 is 0 Å². The molecule has 0 aromatic heterocycles. The van der Waals surface area contributed by atoms with Crippen LogP contribution in [0, 0.1) is 0 Å². The van der Waals surface area contributed by atoms with Gasteiger partial charge in [0.05, 0.1) is 25.0 Å². The Balaban J connectivity index is 2.88. The average Bonchev–Trinajstić information content (AvgIpc) is 2.43. The highest BCUT2D eigenvalue weighted by Gasteiger charge is 2.37. The molecule has 0 saturated heterocycles. The van der Waals surface area contributed by atoms with Crippen LogP contribution >= 0.6 is 0 Å². The summed E-state index contributed by atoms with van der Waals surface area (Å²) >= 11 is 0. The maximum Gasteiger partial charge on any atom is 0.192 e. The second-order valence-corrected chi connectivity index (χ2v) is 12.6. The van der Waals surface area contributed by atoms with E-state index in [9.17, 15) is 5.11 Å². The third kappa shape index (κ3) is 4.77. The first-order chi connectivity index (χ1) is 10.1. The summed E-state index contributed by atoms with van der Waals surface area (Å²) in [4.78, 5) is 4.61. The number of dihydropyridines is 1. The molecule has 1 unspecified atom stereocenters. The van der Waals surface area contributed by atoms with Crippen molar-refractivity contribution in [2.75, 3.05) is 13.2 Å². The highest BCUT2D eigenvalue weighted by atomic mass is 28.4. The molecule has 1 aliphatic rings. The molecule has 1 N–H and O–H groups in total. The number of nitrogens with zero attached hydrogens (tertiary/aromatic N) is 1. The quantitative estimate of drug-likeness (QED) is 0.688. The zero-order valence-electron chi connectivity index (χ0n) is 15.6. The zero-order valence-corrected chi connectivity index (χ0v) is 16.6. The highest BCUT2D eigenvalue weighted by Crippen LogP contribution is 2.37. The zero-order chi connectivity index (χ0) is 17.0. The lowest BCUT2D eigenvalue weighted by atomic mass is 9.90. The second-order valence-electron chi connectivity index (χ2n) is 7.81. The van der Waals surface area contributed by atoms with E-state index in [1.807, 2.05) is 0 Å². The number of aliphatic hydroxyl groups is 1. The van der Waals surface area contributed by atoms with E-state index in [0.29, 0.717) is 13.2 Å². The maximum absolute atomic E-state index is 10.3. The van der Waals surface area contributed by atoms with Crippen LogP contribution in [0.2, 0.25) is 18.1 Å². The largest absolute Gasteiger partial charge is 0.411 e. The van der Waals surface area contributed by atoms with Gasteiger partial charge in [0.2, 0.25) is 0 Å². The van der Waals surface area contributed by atoms with Gasteiger partial charge >= 0.3 is 0 Å². The molecular weight excluding hydrogens is 290 g/mol. The fourth-order valence-corrected chi connectivity index (χ4v) is 3.43. The summed E-state index contributed by atoms with van der Waals surface area (Å²) in [5.74, 6) is 0. The van der Waals surface area contributed by atoms with Crippen LogP contribution in [0.4, 0.5) is 0 Å². The number of aliphatic imine (C=N–C) groups is 1. The molecule has 1 atom stereocenters. The summed E-state index contributed by atoms with van der Waals surface area (Å²) in [6.45, 7) is 16.8. The van der Waals surface area contributed by atoms with E-state index in [1.54, 1.807) is 0 Å². The Morgan fingerprint density at radius 1 is 1.27 bits per heavy atom. The van der Waals surface area contributed by atoms with E-state index in [4.69, 9.17) is 4.43 Å². The first kappa shape index (κ1) is 19.6. The van der Waals surface area contributed by atoms with Crippen molar-refractivity contribution in [2.24, 2.45) is 4.99 Å². The van der Waals surface area contributed by atoms with Crippen LogP contribution in [0.5, 0.6) is 0 Å². The van der Waals surface area contributed by atoms with Gasteiger partial charge in [0.15, 0.2) is 8.32 Å². The van der Waals surface area contributed by atoms with Gasteiger partial charge in [-0.3, -0.25) is 4.99 Å². The Kier molecular flexibility index (Phi) is 7.03. The van der Waals surface area contributed by atoms with Crippen LogP contribution in [0.15, 0.2) is 16.1 Å². The van der Waals surface area contributed by atoms with Gasteiger partial charge in [0.25, 0.3) is 0 Å². The Bertz CT molecular complexity index is 433. The third-order valence-electron chi connectivity index (χ3n) is 5.12. The monoisotopic (exact) mass is 325 g/mol. The van der Waals surface area contributed by atoms with Gasteiger partial charge in [-0.05, 0) is 48.5 Å². The number of rotatable bonds is 7. The van der Waals surface area contributed by atoms with Crippen LogP contribution in [-0.4, -0.2) is 38.4 Å². The maximum atomic E-state index is 10.3. The molecule has 0 amide bonds. The van der Waals surface area contributed by atoms with Crippen LogP contribution in [0.1, 0.15) is 60.3 Å². The number of hydrogen-bond donors (Lipinski definition) is 1. The summed E-state index contributed by atoms with van der Waals surface area (Å²) in [7, 11) is -1.76. The van der Waals surface area contributed by atoms with Gasteiger partial charge in [0, 0.05) is 0 Å². The first-order valence-corrected chi connectivity index (χ1v) is 11.6. The molecule has 0 radical (unpaired) electrons. The van der Waals surface area contributed by atoms with Crippen molar-refractivity contribution >= 4 is 14.0 Å². The van der Waals surface area contributed by atoms with Crippen LogP contribution in [0.25, 0.3) is 0 Å². The minimum Gasteiger partial charge on any atom is -0.411 e. The Morgan fingerprint density at radius 2 is 1.91 bits per heavy atom. The molecule has 0 saturated carbocycles. The fraction of sp³-hybridized carbons (Fsp3) is 0.833. The Labute approximate surface area is 138 Å². The molecule has 3 nitrogen and oxygen atoms in total. The molecule has 0 aliphatic carbocycles. The van der Waals surface area contributed by atoms with E-state index in [2.05, 4.69) is 52.7 Å². The summed E-state index contributed by atoms with van der Waals surface area (Å²) in [5, 5.41) is 10.5. The highest BCUT2D eigenvalue weighted by molar-refractivity contribution is 6.74. The lowest BCUT2D eigenvalue weighted by molar-refractivity contribution is 0.211. The first-order valence-electron chi connectivity index (χ1n) is 8.71. The molecule has 0 fully saturated rings. The third-order valence-corrected chi connectivity index (χ3v) is 9.60. The van der Waals surface area contributed by atoms with E-state index < -0.39 is 14.4 Å². The lowest BCUT2D eigenvalue weighted by Crippen LogP contribution is -2.42. The minimum absolute atomic E-state index is 0.211. The van der Waals surface area contributed by atoms with Crippen molar-refractivity contribution in [3.63, 3.8) is 0 Å². The fourth-order valence-electron chi connectivity index (χ4n) is 2.50. The van der Waals surface area contributed by atoms with Crippen molar-refractivity contribution in [2.45, 2.75) is 84.5 Å². The topological polar surface area (TPSA) is 41.8 Å². The summed E-state index contributed by atoms with van der Waals surface area (Å²) in [6, 6.07) is 0. The van der Waals surface area contributed by atoms with Crippen LogP contribution < -0.4 is 0 Å². The molecule has 22 heavy (non-hydrogen) atoms. The minimum atomic E-state index is -1.76. The normalized spacial score (nSPS) is 20.4. The molecule has 0 aromatic rings. The molecule has 0 spiro atoms. The van der Waals surface area contributed by atoms with Crippen molar-refractivity contribution in [3.8, 4) is 0 Å². The van der Waals surface area contributed by atoms with Crippen LogP contribution in [0.3, 0.4) is 0 Å². The van der Waals surface area contributed by atoms with Crippen molar-refractivity contribution in [1.29, 1.82) is 0 Å². The predicted octanol–water partition coefficient (Wildman–Crippen LogP) is 4.72. The second kappa shape index (κ2) is 7.89. The molecule has 0 bridgehead atoms. The lowest BCUT2D eigenvalue weighted by Gasteiger charge is -2.37. The van der Waals surface area contributed by atoms with E-state index in [1.165, 1.54) is 11.1 Å². The summed E-state index contributed by atoms with van der Waals surface area (Å²) in [6.07, 6.45) is 3.81. The average molecular weight is 326 g/mol. The van der Waals surface area contributed by atoms with Gasteiger partial charge in [-0.15, -0.1) is 0 Å². The summed E-state index contributed by atoms with van der Waals surface area (Å²) < 4.78 is 6.35. The van der Waals surface area contributed by atoms with E-state index in [-0.39, 0.29) is 5.04 Å². The molecule has 0 aromatic carbocycles. The van der Waals surface area contributed by atoms with Gasteiger partial charge < -0.3 is 9.53 Å². The smallest absolute Gasteiger partial charge is 0.192 e. The summed E-state index contributed by atoms with van der Waals surface area (Å²) in [5.41, 5.74) is 3.52. The SMILES string of the molecule is CCCCC1=C(CC)C(CO[Si](C)(C)C(C)(C)C)=NCC1O. The van der Waals surface area contributed by atoms with Gasteiger partial charge in [0.1, 0.15) is 0 Å². The van der Waals surface area contributed by atoms with E-state index in [0.717, 1.165) is 31.4 Å². The molecular formula is C18H35NO2Si. The van der Waals surface area contributed by atoms with Gasteiger partial charge in [-0.25, -0.2) is 0 Å². The molecule has 1 aliphatic heterocycles. The van der Waals surface area contributed by atoms with Crippen molar-refractivity contribution in [3.05, 3.63) is 11.1 Å². The predicted molar refractivity (Wildman–Crippen MR) is 98.3 cm³/mol. The van der Waals surface area contributed by atoms with Crippen LogP contribution in [-0.2, 0) is 4.43 Å².